The Morgan fingerprint density at radius 3 is 2.04 bits per heavy atom. The smallest absolute Gasteiger partial charge is 0.356 e. The van der Waals surface area contributed by atoms with Crippen LogP contribution in [0.2, 0.25) is 0 Å². The summed E-state index contributed by atoms with van der Waals surface area (Å²) in [7, 11) is -6.19. The van der Waals surface area contributed by atoms with Crippen molar-refractivity contribution in [2.75, 3.05) is 41.4 Å². The average molecular weight is 682 g/mol. The monoisotopic (exact) mass is 681 g/mol. The molecule has 1 spiro atoms. The molecule has 0 radical (unpaired) electrons. The molecule has 248 valence electrons. The zero-order chi connectivity index (χ0) is 34.0. The molecule has 0 saturated carbocycles. The van der Waals surface area contributed by atoms with Crippen LogP contribution < -0.4 is 9.80 Å². The van der Waals surface area contributed by atoms with Crippen molar-refractivity contribution in [2.24, 2.45) is 0 Å². The van der Waals surface area contributed by atoms with Gasteiger partial charge in [-0.1, -0.05) is 17.7 Å². The van der Waals surface area contributed by atoms with E-state index in [1.807, 2.05) is 0 Å². The van der Waals surface area contributed by atoms with Gasteiger partial charge in [-0.05, 0) is 87.6 Å². The molecule has 2 aliphatic heterocycles. The van der Waals surface area contributed by atoms with Gasteiger partial charge in [-0.25, -0.2) is 26.2 Å². The van der Waals surface area contributed by atoms with Gasteiger partial charge in [0, 0.05) is 25.7 Å². The second-order valence-electron chi connectivity index (χ2n) is 12.6. The summed E-state index contributed by atoms with van der Waals surface area (Å²) in [5, 5.41) is 0. The van der Waals surface area contributed by atoms with Crippen molar-refractivity contribution < 1.29 is 39.2 Å². The highest BCUT2D eigenvalue weighted by molar-refractivity contribution is 8.13. The molecule has 0 bridgehead atoms. The van der Waals surface area contributed by atoms with Crippen LogP contribution in [-0.2, 0) is 36.1 Å². The number of rotatable bonds is 5. The molecule has 3 heterocycles. The second kappa shape index (κ2) is 11.3. The number of aryl methyl sites for hydroxylation is 2. The van der Waals surface area contributed by atoms with Gasteiger partial charge in [-0.15, -0.1) is 0 Å². The number of halogens is 4. The summed E-state index contributed by atoms with van der Waals surface area (Å²) in [4.78, 5) is 21.7. The number of carbonyl (C=O) groups excluding carboxylic acids is 1. The Balaban J connectivity index is 1.54. The van der Waals surface area contributed by atoms with Crippen molar-refractivity contribution in [3.8, 4) is 11.1 Å². The number of piperidine rings is 1. The fraction of sp³-hybridized carbons (Fsp3) is 0.438. The molecule has 2 fully saturated rings. The third kappa shape index (κ3) is 5.67. The molecule has 2 saturated heterocycles. The van der Waals surface area contributed by atoms with Crippen molar-refractivity contribution in [1.29, 1.82) is 0 Å². The minimum Gasteiger partial charge on any atom is -0.356 e. The third-order valence-electron chi connectivity index (χ3n) is 9.28. The van der Waals surface area contributed by atoms with E-state index in [4.69, 9.17) is 0 Å². The molecule has 2 aliphatic rings. The molecule has 1 aromatic heterocycles. The van der Waals surface area contributed by atoms with E-state index in [0.29, 0.717) is 33.8 Å². The number of likely N-dealkylation sites (N-methyl/N-ethyl adjacent to an activating group) is 1. The highest BCUT2D eigenvalue weighted by Gasteiger charge is 2.60. The summed E-state index contributed by atoms with van der Waals surface area (Å²) in [6.45, 7) is 6.51. The summed E-state index contributed by atoms with van der Waals surface area (Å²) < 4.78 is 104. The van der Waals surface area contributed by atoms with Crippen LogP contribution in [0, 0.1) is 19.7 Å². The van der Waals surface area contributed by atoms with E-state index in [1.54, 1.807) is 43.9 Å². The van der Waals surface area contributed by atoms with Gasteiger partial charge < -0.3 is 9.80 Å². The van der Waals surface area contributed by atoms with E-state index in [0.717, 1.165) is 12.1 Å². The van der Waals surface area contributed by atoms with Gasteiger partial charge in [0.1, 0.15) is 11.6 Å². The summed E-state index contributed by atoms with van der Waals surface area (Å²) in [6, 6.07) is 9.36. The van der Waals surface area contributed by atoms with Gasteiger partial charge in [0.05, 0.1) is 34.4 Å². The van der Waals surface area contributed by atoms with E-state index in [-0.39, 0.29) is 31.5 Å². The standard InChI is InChI=1S/C32H35F4N3O5S2/c1-20-14-22(17-23(15-20)32(34,35)36)30(3,4)29(40)38(5)27-19-37-28(18-26(27)25-7-6-24(33)16-21(25)2)39-10-8-31(9-11-39)45(41,42)12-13-46(31,43)44/h6-7,14-19H,8-13H2,1-5H3. The molecule has 0 atom stereocenters. The van der Waals surface area contributed by atoms with Crippen molar-refractivity contribution in [1.82, 2.24) is 4.98 Å². The molecule has 8 nitrogen and oxygen atoms in total. The minimum absolute atomic E-state index is 0.101. The Hall–Kier alpha value is -3.52. The first-order valence-electron chi connectivity index (χ1n) is 14.6. The fourth-order valence-corrected chi connectivity index (χ4v) is 12.6. The van der Waals surface area contributed by atoms with Crippen LogP contribution >= 0.6 is 0 Å². The lowest BCUT2D eigenvalue weighted by molar-refractivity contribution is -0.137. The van der Waals surface area contributed by atoms with E-state index in [9.17, 15) is 39.2 Å². The van der Waals surface area contributed by atoms with E-state index >= 15 is 0 Å². The van der Waals surface area contributed by atoms with Crippen LogP contribution in [-0.4, -0.2) is 63.4 Å². The highest BCUT2D eigenvalue weighted by Crippen LogP contribution is 2.44. The first kappa shape index (κ1) is 33.8. The third-order valence-corrected chi connectivity index (χ3v) is 15.6. The average Bonchev–Trinajstić information content (AvgIpc) is 3.15. The second-order valence-corrected chi connectivity index (χ2v) is 17.7. The van der Waals surface area contributed by atoms with Crippen molar-refractivity contribution >= 4 is 37.1 Å². The number of amides is 1. The quantitative estimate of drug-likeness (QED) is 0.323. The lowest BCUT2D eigenvalue weighted by atomic mass is 9.81. The van der Waals surface area contributed by atoms with Crippen LogP contribution in [0.25, 0.3) is 11.1 Å². The highest BCUT2D eigenvalue weighted by atomic mass is 32.3. The maximum atomic E-state index is 14.1. The van der Waals surface area contributed by atoms with Gasteiger partial charge in [0.2, 0.25) is 5.91 Å². The first-order chi connectivity index (χ1) is 21.2. The minimum atomic E-state index is -4.60. The van der Waals surface area contributed by atoms with E-state index in [2.05, 4.69) is 4.98 Å². The topological polar surface area (TPSA) is 105 Å². The van der Waals surface area contributed by atoms with Crippen LogP contribution in [0.4, 0.5) is 29.1 Å². The number of nitrogens with zero attached hydrogens (tertiary/aromatic N) is 3. The maximum absolute atomic E-state index is 14.1. The van der Waals surface area contributed by atoms with Crippen molar-refractivity contribution in [3.05, 3.63) is 76.7 Å². The number of sulfone groups is 2. The Labute approximate surface area is 266 Å². The van der Waals surface area contributed by atoms with E-state index in [1.165, 1.54) is 37.2 Å². The normalized spacial score (nSPS) is 18.9. The molecule has 3 aromatic rings. The molecular formula is C32H35F4N3O5S2. The zero-order valence-corrected chi connectivity index (χ0v) is 27.7. The number of aromatic nitrogens is 1. The number of carbonyl (C=O) groups is 1. The molecular weight excluding hydrogens is 646 g/mol. The molecule has 0 N–H and O–H groups in total. The molecule has 0 aliphatic carbocycles. The lowest BCUT2D eigenvalue weighted by Crippen LogP contribution is -2.51. The summed E-state index contributed by atoms with van der Waals surface area (Å²) >= 11 is 0. The number of alkyl halides is 3. The number of benzene rings is 2. The molecule has 2 aromatic carbocycles. The van der Waals surface area contributed by atoms with Gasteiger partial charge in [-0.3, -0.25) is 4.79 Å². The number of pyridine rings is 1. The van der Waals surface area contributed by atoms with Crippen LogP contribution in [0.15, 0.2) is 48.7 Å². The van der Waals surface area contributed by atoms with Crippen LogP contribution in [0.1, 0.15) is 48.9 Å². The number of hydrogen-bond donors (Lipinski definition) is 0. The SMILES string of the molecule is Cc1cc(C(F)(F)F)cc(C(C)(C)C(=O)N(C)c2cnc(N3CCC4(CC3)S(=O)(=O)CCS4(=O)=O)cc2-c2ccc(F)cc2C)c1. The van der Waals surface area contributed by atoms with Crippen LogP contribution in [0.3, 0.4) is 0 Å². The number of anilines is 2. The fourth-order valence-electron chi connectivity index (χ4n) is 6.47. The molecule has 5 rings (SSSR count). The Morgan fingerprint density at radius 1 is 0.891 bits per heavy atom. The Morgan fingerprint density at radius 2 is 1.48 bits per heavy atom. The van der Waals surface area contributed by atoms with Gasteiger partial charge in [0.25, 0.3) is 0 Å². The lowest BCUT2D eigenvalue weighted by Gasteiger charge is -2.38. The first-order valence-corrected chi connectivity index (χ1v) is 17.9. The molecule has 1 amide bonds. The predicted molar refractivity (Wildman–Crippen MR) is 169 cm³/mol. The van der Waals surface area contributed by atoms with Gasteiger partial charge in [-0.2, -0.15) is 13.2 Å². The molecule has 0 unspecified atom stereocenters. The van der Waals surface area contributed by atoms with Crippen molar-refractivity contribution in [2.45, 2.75) is 56.2 Å². The zero-order valence-electron chi connectivity index (χ0n) is 26.1. The largest absolute Gasteiger partial charge is 0.416 e. The van der Waals surface area contributed by atoms with Gasteiger partial charge >= 0.3 is 6.18 Å². The maximum Gasteiger partial charge on any atom is 0.416 e. The number of hydrogen-bond acceptors (Lipinski definition) is 7. The predicted octanol–water partition coefficient (Wildman–Crippen LogP) is 5.60. The summed E-state index contributed by atoms with van der Waals surface area (Å²) in [5.41, 5.74) is 0.193. The van der Waals surface area contributed by atoms with Gasteiger partial charge in [0.15, 0.2) is 23.8 Å². The Kier molecular flexibility index (Phi) is 8.33. The summed E-state index contributed by atoms with van der Waals surface area (Å²) in [6.07, 6.45) is -3.39. The molecule has 14 heteroatoms. The van der Waals surface area contributed by atoms with Crippen LogP contribution in [0.5, 0.6) is 0 Å². The Bertz CT molecular complexity index is 1900. The molecule has 46 heavy (non-hydrogen) atoms. The van der Waals surface area contributed by atoms with E-state index < -0.39 is 64.1 Å². The van der Waals surface area contributed by atoms with Crippen molar-refractivity contribution in [3.63, 3.8) is 0 Å². The summed E-state index contributed by atoms with van der Waals surface area (Å²) in [5.74, 6) is -1.37.